The van der Waals surface area contributed by atoms with Crippen LogP contribution in [-0.2, 0) is 28.6 Å². The molecule has 0 aliphatic carbocycles. The van der Waals surface area contributed by atoms with Gasteiger partial charge in [0.1, 0.15) is 13.2 Å². The minimum atomic E-state index is -0.812. The topological polar surface area (TPSA) is 78.9 Å². The fourth-order valence-electron chi connectivity index (χ4n) is 8.69. The van der Waals surface area contributed by atoms with Crippen LogP contribution in [-0.4, -0.2) is 37.2 Å². The van der Waals surface area contributed by atoms with E-state index < -0.39 is 6.10 Å². The monoisotopic (exact) mass is 1120 g/mol. The van der Waals surface area contributed by atoms with Crippen molar-refractivity contribution in [2.24, 2.45) is 0 Å². The number of esters is 3. The van der Waals surface area contributed by atoms with Crippen LogP contribution in [0.4, 0.5) is 0 Å². The van der Waals surface area contributed by atoms with Gasteiger partial charge in [0.15, 0.2) is 6.10 Å². The molecule has 0 N–H and O–H groups in total. The summed E-state index contributed by atoms with van der Waals surface area (Å²) in [6.07, 6.45) is 98.3. The van der Waals surface area contributed by atoms with Gasteiger partial charge in [-0.25, -0.2) is 0 Å². The van der Waals surface area contributed by atoms with E-state index in [0.29, 0.717) is 19.3 Å². The van der Waals surface area contributed by atoms with Crippen LogP contribution >= 0.6 is 0 Å². The maximum atomic E-state index is 12.9. The Balaban J connectivity index is 4.38. The Kier molecular flexibility index (Phi) is 63.4. The van der Waals surface area contributed by atoms with E-state index in [1.54, 1.807) is 0 Å². The normalized spacial score (nSPS) is 13.2. The van der Waals surface area contributed by atoms with E-state index in [2.05, 4.69) is 179 Å². The van der Waals surface area contributed by atoms with Crippen molar-refractivity contribution in [3.63, 3.8) is 0 Å². The first-order valence-corrected chi connectivity index (χ1v) is 33.0. The van der Waals surface area contributed by atoms with Crippen LogP contribution < -0.4 is 0 Å². The van der Waals surface area contributed by atoms with Gasteiger partial charge in [-0.3, -0.25) is 14.4 Å². The standard InChI is InChI=1S/C75H120O6/c1-4-7-10-13-16-19-22-25-28-30-32-33-34-35-36-37-38-39-40-41-43-44-47-50-53-56-59-62-65-68-74(77)80-71-72(70-79-73(76)67-64-61-58-55-52-49-46-27-24-21-18-15-12-9-6-3)81-75(78)69-66-63-60-57-54-51-48-45-42-31-29-26-23-20-17-14-11-8-5-2/h7-12,16-21,25-29,32-33,35-36,42,45-46,51,54,72H,4-6,13-15,22-24,30-31,34,37-41,43-44,47-50,52-53,55-71H2,1-3H3/b10-7-,11-8-,12-9-,19-16-,20-17-,21-18-,28-25-,29-26-,33-32-,36-35-,45-42-,46-27-,54-51-. The molecular weight excluding hydrogens is 997 g/mol. The molecule has 6 heteroatoms. The minimum absolute atomic E-state index is 0.103. The summed E-state index contributed by atoms with van der Waals surface area (Å²) in [6.45, 7) is 6.26. The molecule has 0 bridgehead atoms. The van der Waals surface area contributed by atoms with E-state index in [9.17, 15) is 14.4 Å². The summed E-state index contributed by atoms with van der Waals surface area (Å²) in [5, 5.41) is 0. The predicted molar refractivity (Wildman–Crippen MR) is 352 cm³/mol. The predicted octanol–water partition coefficient (Wildman–Crippen LogP) is 22.9. The van der Waals surface area contributed by atoms with Gasteiger partial charge in [-0.2, -0.15) is 0 Å². The first kappa shape index (κ1) is 76.0. The molecule has 0 spiro atoms. The second-order valence-corrected chi connectivity index (χ2v) is 21.2. The number of hydrogen-bond acceptors (Lipinski definition) is 6. The van der Waals surface area contributed by atoms with Crippen molar-refractivity contribution in [1.82, 2.24) is 0 Å². The smallest absolute Gasteiger partial charge is 0.306 e. The van der Waals surface area contributed by atoms with Gasteiger partial charge in [-0.05, 0) is 141 Å². The number of allylic oxidation sites excluding steroid dienone is 26. The van der Waals surface area contributed by atoms with Crippen LogP contribution in [0.25, 0.3) is 0 Å². The molecule has 0 aromatic rings. The first-order valence-electron chi connectivity index (χ1n) is 33.0. The van der Waals surface area contributed by atoms with Gasteiger partial charge in [0.05, 0.1) is 0 Å². The van der Waals surface area contributed by atoms with E-state index in [1.165, 1.54) is 70.6 Å². The highest BCUT2D eigenvalue weighted by molar-refractivity contribution is 5.71. The first-order chi connectivity index (χ1) is 40.0. The third-order valence-electron chi connectivity index (χ3n) is 13.5. The van der Waals surface area contributed by atoms with Gasteiger partial charge in [0.25, 0.3) is 0 Å². The van der Waals surface area contributed by atoms with Crippen LogP contribution in [0.2, 0.25) is 0 Å². The average molecular weight is 1120 g/mol. The minimum Gasteiger partial charge on any atom is -0.462 e. The van der Waals surface area contributed by atoms with Crippen molar-refractivity contribution in [3.05, 3.63) is 158 Å². The molecule has 81 heavy (non-hydrogen) atoms. The number of unbranched alkanes of at least 4 members (excludes halogenated alkanes) is 21. The lowest BCUT2D eigenvalue weighted by Gasteiger charge is -2.18. The Hall–Kier alpha value is -4.97. The number of ether oxygens (including phenoxy) is 3. The molecule has 0 aromatic carbocycles. The van der Waals surface area contributed by atoms with E-state index in [-0.39, 0.29) is 37.5 Å². The zero-order valence-electron chi connectivity index (χ0n) is 52.2. The lowest BCUT2D eigenvalue weighted by atomic mass is 10.0. The van der Waals surface area contributed by atoms with Gasteiger partial charge < -0.3 is 14.2 Å². The highest BCUT2D eigenvalue weighted by Crippen LogP contribution is 2.15. The zero-order valence-corrected chi connectivity index (χ0v) is 52.2. The Morgan fingerprint density at radius 1 is 0.247 bits per heavy atom. The molecule has 6 nitrogen and oxygen atoms in total. The molecule has 0 aromatic heterocycles. The van der Waals surface area contributed by atoms with Crippen LogP contribution in [0, 0.1) is 0 Å². The maximum Gasteiger partial charge on any atom is 0.306 e. The van der Waals surface area contributed by atoms with Gasteiger partial charge in [-0.1, -0.05) is 275 Å². The molecule has 0 aliphatic rings. The van der Waals surface area contributed by atoms with Crippen LogP contribution in [0.3, 0.4) is 0 Å². The van der Waals surface area contributed by atoms with Gasteiger partial charge in [0, 0.05) is 19.3 Å². The van der Waals surface area contributed by atoms with Crippen molar-refractivity contribution in [3.8, 4) is 0 Å². The zero-order chi connectivity index (χ0) is 58.5. The number of hydrogen-bond donors (Lipinski definition) is 0. The van der Waals surface area contributed by atoms with Gasteiger partial charge >= 0.3 is 17.9 Å². The average Bonchev–Trinajstić information content (AvgIpc) is 3.47. The van der Waals surface area contributed by atoms with Crippen molar-refractivity contribution >= 4 is 17.9 Å². The fraction of sp³-hybridized carbons (Fsp3) is 0.613. The molecule has 0 amide bonds. The van der Waals surface area contributed by atoms with Crippen molar-refractivity contribution < 1.29 is 28.6 Å². The summed E-state index contributed by atoms with van der Waals surface area (Å²) < 4.78 is 16.9. The Bertz CT molecular complexity index is 1810. The molecule has 0 radical (unpaired) electrons. The molecule has 1 atom stereocenters. The summed E-state index contributed by atoms with van der Waals surface area (Å²) in [7, 11) is 0. The van der Waals surface area contributed by atoms with Crippen LogP contribution in [0.5, 0.6) is 0 Å². The quantitative estimate of drug-likeness (QED) is 0.0261. The second-order valence-electron chi connectivity index (χ2n) is 21.2. The molecule has 0 saturated carbocycles. The van der Waals surface area contributed by atoms with E-state index in [1.807, 2.05) is 0 Å². The van der Waals surface area contributed by atoms with E-state index >= 15 is 0 Å². The molecule has 0 fully saturated rings. The molecule has 0 heterocycles. The van der Waals surface area contributed by atoms with Crippen LogP contribution in [0.1, 0.15) is 278 Å². The van der Waals surface area contributed by atoms with Gasteiger partial charge in [-0.15, -0.1) is 0 Å². The number of carbonyl (C=O) groups excluding carboxylic acids is 3. The molecule has 0 rings (SSSR count). The Labute approximate surface area is 499 Å². The number of rotatable bonds is 58. The third kappa shape index (κ3) is 65.7. The Morgan fingerprint density at radius 2 is 0.444 bits per heavy atom. The largest absolute Gasteiger partial charge is 0.462 e. The highest BCUT2D eigenvalue weighted by Gasteiger charge is 2.19. The lowest BCUT2D eigenvalue weighted by molar-refractivity contribution is -0.167. The number of carbonyl (C=O) groups is 3. The second kappa shape index (κ2) is 67.5. The maximum absolute atomic E-state index is 12.9. The summed E-state index contributed by atoms with van der Waals surface area (Å²) in [4.78, 5) is 38.4. The third-order valence-corrected chi connectivity index (χ3v) is 13.5. The lowest BCUT2D eigenvalue weighted by Crippen LogP contribution is -2.30. The summed E-state index contributed by atoms with van der Waals surface area (Å²) >= 11 is 0. The summed E-state index contributed by atoms with van der Waals surface area (Å²) in [6, 6.07) is 0. The van der Waals surface area contributed by atoms with Gasteiger partial charge in [0.2, 0.25) is 0 Å². The van der Waals surface area contributed by atoms with Crippen molar-refractivity contribution in [2.75, 3.05) is 13.2 Å². The summed E-state index contributed by atoms with van der Waals surface area (Å²) in [5.41, 5.74) is 0. The Morgan fingerprint density at radius 3 is 0.704 bits per heavy atom. The van der Waals surface area contributed by atoms with E-state index in [4.69, 9.17) is 14.2 Å². The SMILES string of the molecule is CC/C=C\C/C=C\C/C=C\C/C=C\C/C=C\CCCCCCCCCCCCCCCC(=O)OCC(COC(=O)CCCCCCC/C=C\C/C=C\C/C=C\CC)OC(=O)CCCCC/C=C\C/C=C\C/C=C\C/C=C\C/C=C\CC. The van der Waals surface area contributed by atoms with Crippen molar-refractivity contribution in [2.45, 2.75) is 284 Å². The summed E-state index contributed by atoms with van der Waals surface area (Å²) in [5.74, 6) is -0.954. The molecular formula is C75H120O6. The molecule has 0 saturated heterocycles. The fourth-order valence-corrected chi connectivity index (χ4v) is 8.69. The van der Waals surface area contributed by atoms with Crippen molar-refractivity contribution in [1.29, 1.82) is 0 Å². The molecule has 0 aliphatic heterocycles. The van der Waals surface area contributed by atoms with E-state index in [0.717, 1.165) is 161 Å². The highest BCUT2D eigenvalue weighted by atomic mass is 16.6. The molecule has 1 unspecified atom stereocenters. The van der Waals surface area contributed by atoms with Crippen LogP contribution in [0.15, 0.2) is 158 Å². The molecule has 456 valence electrons.